The number of nitrogens with zero attached hydrogens (tertiary/aromatic N) is 2. The van der Waals surface area contributed by atoms with E-state index in [-0.39, 0.29) is 0 Å². The first kappa shape index (κ1) is 44.2. The van der Waals surface area contributed by atoms with Crippen LogP contribution in [0.5, 0.6) is 0 Å². The van der Waals surface area contributed by atoms with Gasteiger partial charge in [0.25, 0.3) is 0 Å². The predicted octanol–water partition coefficient (Wildman–Crippen LogP) is 12.3. The van der Waals surface area contributed by atoms with Gasteiger partial charge in [-0.2, -0.15) is 0 Å². The largest absolute Gasteiger partial charge is 0.309 e. The van der Waals surface area contributed by atoms with Crippen molar-refractivity contribution in [1.29, 1.82) is 0 Å². The van der Waals surface area contributed by atoms with Crippen LogP contribution in [0, 0.1) is 0 Å². The van der Waals surface area contributed by atoms with E-state index in [1.54, 1.807) is 0 Å². The van der Waals surface area contributed by atoms with E-state index in [0.29, 0.717) is 0 Å². The van der Waals surface area contributed by atoms with Crippen LogP contribution in [-0.2, 0) is 0 Å². The minimum atomic E-state index is -2.71. The monoisotopic (exact) mass is 998 g/mol. The summed E-state index contributed by atoms with van der Waals surface area (Å²) in [5, 5.41) is 16.1. The van der Waals surface area contributed by atoms with E-state index in [0.717, 1.165) is 11.4 Å². The first-order valence-corrected chi connectivity index (χ1v) is 30.4. The van der Waals surface area contributed by atoms with Gasteiger partial charge in [-0.25, -0.2) is 0 Å². The Bertz CT molecular complexity index is 4350. The predicted molar refractivity (Wildman–Crippen MR) is 327 cm³/mol. The third kappa shape index (κ3) is 6.45. The quantitative estimate of drug-likeness (QED) is 0.101. The Kier molecular flexibility index (Phi) is 10.3. The van der Waals surface area contributed by atoms with Crippen molar-refractivity contribution in [2.45, 2.75) is 0 Å². The molecule has 0 N–H and O–H groups in total. The Labute approximate surface area is 444 Å². The fraction of sp³-hybridized carbons (Fsp3) is 0. The molecule has 14 aromatic rings. The highest BCUT2D eigenvalue weighted by Crippen LogP contribution is 2.41. The summed E-state index contributed by atoms with van der Waals surface area (Å²) in [5.41, 5.74) is 12.2. The Morgan fingerprint density at radius 2 is 0.711 bits per heavy atom. The smallest absolute Gasteiger partial charge is 0.180 e. The molecule has 2 aromatic heterocycles. The van der Waals surface area contributed by atoms with Gasteiger partial charge >= 0.3 is 0 Å². The summed E-state index contributed by atoms with van der Waals surface area (Å²) in [6, 6.07) is 114. The molecule has 3 heterocycles. The highest BCUT2D eigenvalue weighted by atomic mass is 28.3. The Morgan fingerprint density at radius 1 is 0.263 bits per heavy atom. The molecule has 0 aliphatic carbocycles. The second kappa shape index (κ2) is 17.7. The van der Waals surface area contributed by atoms with Crippen LogP contribution < -0.4 is 41.5 Å². The van der Waals surface area contributed by atoms with Gasteiger partial charge in [0.05, 0.1) is 22.1 Å². The first-order valence-electron chi connectivity index (χ1n) is 26.4. The van der Waals surface area contributed by atoms with Crippen LogP contribution in [0.3, 0.4) is 0 Å². The van der Waals surface area contributed by atoms with Gasteiger partial charge in [-0.3, -0.25) is 0 Å². The number of para-hydroxylation sites is 2. The standard InChI is InChI=1S/C72H50N2Si2/c1-6-23-54(24-7-1)75(55-25-8-2-9-26-55,56-27-10-3-11-28-56)59-45-42-52(43-46-59)73-66-37-19-16-33-61(66)62-48-44-53(50-69(62)73)74-67-38-20-17-35-65(67)72-60(36-22-39-68(72)74)51-41-47-64-63-34-18-21-40-70(63)76(71(64)49-51,57-29-12-4-13-30-57)58-31-14-5-15-32-58/h1-50H. The summed E-state index contributed by atoms with van der Waals surface area (Å²) in [6.45, 7) is 0. The molecule has 0 saturated heterocycles. The molecule has 0 amide bonds. The van der Waals surface area contributed by atoms with E-state index in [4.69, 9.17) is 0 Å². The zero-order chi connectivity index (χ0) is 50.2. The molecule has 0 radical (unpaired) electrons. The molecular weight excluding hydrogens is 949 g/mol. The maximum atomic E-state index is 2.56. The molecule has 15 rings (SSSR count). The average molecular weight is 999 g/mol. The minimum Gasteiger partial charge on any atom is -0.309 e. The van der Waals surface area contributed by atoms with Gasteiger partial charge in [0.15, 0.2) is 16.1 Å². The van der Waals surface area contributed by atoms with Gasteiger partial charge in [0.1, 0.15) is 0 Å². The van der Waals surface area contributed by atoms with E-state index in [1.807, 2.05) is 0 Å². The van der Waals surface area contributed by atoms with Crippen molar-refractivity contribution in [3.63, 3.8) is 0 Å². The molecule has 356 valence electrons. The highest BCUT2D eigenvalue weighted by molar-refractivity contribution is 7.22. The van der Waals surface area contributed by atoms with E-state index < -0.39 is 16.1 Å². The van der Waals surface area contributed by atoms with Crippen LogP contribution in [0.15, 0.2) is 303 Å². The molecule has 76 heavy (non-hydrogen) atoms. The number of hydrogen-bond acceptors (Lipinski definition) is 0. The fourth-order valence-electron chi connectivity index (χ4n) is 13.5. The maximum absolute atomic E-state index is 2.71. The second-order valence-corrected chi connectivity index (χ2v) is 27.8. The number of aromatic nitrogens is 2. The van der Waals surface area contributed by atoms with Gasteiger partial charge in [-0.1, -0.05) is 261 Å². The lowest BCUT2D eigenvalue weighted by Gasteiger charge is -2.34. The van der Waals surface area contributed by atoms with Crippen LogP contribution in [0.25, 0.3) is 77.2 Å². The molecule has 0 unspecified atom stereocenters. The average Bonchev–Trinajstić information content (AvgIpc) is 4.20. The summed E-state index contributed by atoms with van der Waals surface area (Å²) >= 11 is 0. The zero-order valence-corrected chi connectivity index (χ0v) is 43.8. The van der Waals surface area contributed by atoms with Crippen LogP contribution in [0.2, 0.25) is 0 Å². The molecule has 0 saturated carbocycles. The van der Waals surface area contributed by atoms with Crippen molar-refractivity contribution in [2.75, 3.05) is 0 Å². The van der Waals surface area contributed by atoms with E-state index in [2.05, 4.69) is 312 Å². The number of hydrogen-bond donors (Lipinski definition) is 0. The lowest BCUT2D eigenvalue weighted by Crippen LogP contribution is -2.74. The molecule has 1 aliphatic rings. The lowest BCUT2D eigenvalue weighted by atomic mass is 9.97. The van der Waals surface area contributed by atoms with Gasteiger partial charge in [0.2, 0.25) is 0 Å². The minimum absolute atomic E-state index is 1.13. The molecule has 0 bridgehead atoms. The summed E-state index contributed by atoms with van der Waals surface area (Å²) < 4.78 is 4.97. The van der Waals surface area contributed by atoms with Crippen LogP contribution in [0.1, 0.15) is 0 Å². The van der Waals surface area contributed by atoms with Gasteiger partial charge in [0, 0.05) is 32.9 Å². The normalized spacial score (nSPS) is 12.8. The van der Waals surface area contributed by atoms with Crippen molar-refractivity contribution < 1.29 is 0 Å². The molecule has 0 fully saturated rings. The fourth-order valence-corrected chi connectivity index (χ4v) is 23.4. The van der Waals surface area contributed by atoms with E-state index in [1.165, 1.54) is 107 Å². The van der Waals surface area contributed by atoms with E-state index >= 15 is 0 Å². The third-order valence-corrected chi connectivity index (χ3v) is 26.2. The summed E-state index contributed by atoms with van der Waals surface area (Å²) in [4.78, 5) is 0. The number of rotatable bonds is 9. The topological polar surface area (TPSA) is 9.86 Å². The SMILES string of the molecule is c1ccc([Si](c2ccccc2)(c2ccccc2)c2ccc(-n3c4ccccc4c4ccc(-n5c6ccccc6c6c(-c7ccc8c(c7)[Si](c7ccccc7)(c7ccccc7)c7ccccc7-8)cccc65)cc43)cc2)cc1. The molecule has 4 heteroatoms. The maximum Gasteiger partial charge on any atom is 0.180 e. The van der Waals surface area contributed by atoms with Gasteiger partial charge in [-0.05, 0) is 106 Å². The summed E-state index contributed by atoms with van der Waals surface area (Å²) in [6.07, 6.45) is 0. The number of benzene rings is 12. The van der Waals surface area contributed by atoms with Crippen molar-refractivity contribution in [3.05, 3.63) is 303 Å². The molecule has 2 nitrogen and oxygen atoms in total. The molecule has 0 atom stereocenters. The van der Waals surface area contributed by atoms with Crippen LogP contribution in [-0.4, -0.2) is 25.3 Å². The second-order valence-electron chi connectivity index (χ2n) is 20.3. The highest BCUT2D eigenvalue weighted by Gasteiger charge is 2.49. The zero-order valence-electron chi connectivity index (χ0n) is 41.8. The Morgan fingerprint density at radius 3 is 1.34 bits per heavy atom. The van der Waals surface area contributed by atoms with Crippen molar-refractivity contribution in [1.82, 2.24) is 9.13 Å². The molecular formula is C72H50N2Si2. The van der Waals surface area contributed by atoms with Crippen LogP contribution >= 0.6 is 0 Å². The summed E-state index contributed by atoms with van der Waals surface area (Å²) in [5.74, 6) is 0. The number of fused-ring (bicyclic) bond motifs is 9. The van der Waals surface area contributed by atoms with E-state index in [9.17, 15) is 0 Å². The van der Waals surface area contributed by atoms with Crippen molar-refractivity contribution in [2.24, 2.45) is 0 Å². The van der Waals surface area contributed by atoms with Gasteiger partial charge in [-0.15, -0.1) is 0 Å². The van der Waals surface area contributed by atoms with Crippen LogP contribution in [0.4, 0.5) is 0 Å². The van der Waals surface area contributed by atoms with Crippen molar-refractivity contribution >= 4 is 101 Å². The third-order valence-electron chi connectivity index (χ3n) is 16.6. The van der Waals surface area contributed by atoms with Gasteiger partial charge < -0.3 is 9.13 Å². The Hall–Kier alpha value is -9.33. The first-order chi connectivity index (χ1) is 37.7. The summed E-state index contributed by atoms with van der Waals surface area (Å²) in [7, 11) is -5.41. The molecule has 12 aromatic carbocycles. The van der Waals surface area contributed by atoms with Crippen molar-refractivity contribution in [3.8, 4) is 33.6 Å². The lowest BCUT2D eigenvalue weighted by molar-refractivity contribution is 1.16. The molecule has 1 aliphatic heterocycles. The Balaban J connectivity index is 0.914. The molecule has 0 spiro atoms.